The number of aliphatic hydroxyl groups excluding tert-OH is 1. The van der Waals surface area contributed by atoms with Crippen LogP contribution in [0.4, 0.5) is 9.59 Å². The van der Waals surface area contributed by atoms with Crippen molar-refractivity contribution in [3.05, 3.63) is 65.7 Å². The van der Waals surface area contributed by atoms with E-state index in [-0.39, 0.29) is 44.4 Å². The van der Waals surface area contributed by atoms with Gasteiger partial charge in [0.25, 0.3) is 5.91 Å². The molecule has 0 bridgehead atoms. The SMILES string of the molecule is COCCNC(=O)N[C@H](C(=O)N[C@@H](Cc1ccccc1)[C@@H](O)CN(Cc1ccc(OC)cc1)NC(=O)[C@@H](NC(=O)NCCOC)C(C)C)C(C)C. The highest BCUT2D eigenvalue weighted by atomic mass is 16.5. The largest absolute Gasteiger partial charge is 0.497 e. The molecule has 0 saturated carbocycles. The average Bonchev–Trinajstić information content (AvgIpc) is 3.09. The van der Waals surface area contributed by atoms with Crippen molar-refractivity contribution >= 4 is 23.9 Å². The highest BCUT2D eigenvalue weighted by Gasteiger charge is 2.32. The second kappa shape index (κ2) is 23.1. The number of aliphatic hydroxyl groups is 1. The Morgan fingerprint density at radius 3 is 1.73 bits per heavy atom. The number of hydrazine groups is 1. The Labute approximate surface area is 301 Å². The van der Waals surface area contributed by atoms with Gasteiger partial charge in [0, 0.05) is 40.4 Å². The van der Waals surface area contributed by atoms with Gasteiger partial charge in [0.2, 0.25) is 5.91 Å². The van der Waals surface area contributed by atoms with E-state index in [1.54, 1.807) is 24.3 Å². The van der Waals surface area contributed by atoms with Crippen LogP contribution in [0.5, 0.6) is 5.75 Å². The lowest BCUT2D eigenvalue weighted by molar-refractivity contribution is -0.131. The van der Waals surface area contributed by atoms with Crippen LogP contribution in [-0.4, -0.2) is 112 Å². The van der Waals surface area contributed by atoms with E-state index in [1.807, 2.05) is 70.2 Å². The third-order valence-corrected chi connectivity index (χ3v) is 7.95. The monoisotopic (exact) mass is 715 g/mol. The number of urea groups is 2. The van der Waals surface area contributed by atoms with Crippen LogP contribution < -0.4 is 36.7 Å². The van der Waals surface area contributed by atoms with Gasteiger partial charge >= 0.3 is 12.1 Å². The second-order valence-electron chi connectivity index (χ2n) is 12.8. The highest BCUT2D eigenvalue weighted by molar-refractivity contribution is 5.88. The number of methoxy groups -OCH3 is 3. The topological polar surface area (TPSA) is 192 Å². The van der Waals surface area contributed by atoms with E-state index in [0.29, 0.717) is 19.0 Å². The summed E-state index contributed by atoms with van der Waals surface area (Å²) in [6, 6.07) is 13.0. The fraction of sp³-hybridized carbons (Fsp3) is 0.556. The van der Waals surface area contributed by atoms with Gasteiger partial charge < -0.3 is 45.9 Å². The van der Waals surface area contributed by atoms with Crippen molar-refractivity contribution < 1.29 is 38.5 Å². The summed E-state index contributed by atoms with van der Waals surface area (Å²) >= 11 is 0. The van der Waals surface area contributed by atoms with E-state index in [9.17, 15) is 24.3 Å². The first-order chi connectivity index (χ1) is 24.4. The molecule has 284 valence electrons. The summed E-state index contributed by atoms with van der Waals surface area (Å²) in [5.74, 6) is -0.848. The Morgan fingerprint density at radius 1 is 0.706 bits per heavy atom. The minimum absolute atomic E-state index is 0.0995. The van der Waals surface area contributed by atoms with Crippen LogP contribution in [0.3, 0.4) is 0 Å². The first-order valence-corrected chi connectivity index (χ1v) is 17.2. The van der Waals surface area contributed by atoms with Crippen molar-refractivity contribution in [1.82, 2.24) is 37.0 Å². The Morgan fingerprint density at radius 2 is 1.24 bits per heavy atom. The Balaban J connectivity index is 2.35. The molecule has 15 heteroatoms. The maximum atomic E-state index is 13.7. The van der Waals surface area contributed by atoms with Crippen molar-refractivity contribution in [1.29, 1.82) is 0 Å². The van der Waals surface area contributed by atoms with Crippen molar-refractivity contribution in [2.45, 2.75) is 64.9 Å². The van der Waals surface area contributed by atoms with Crippen LogP contribution >= 0.6 is 0 Å². The summed E-state index contributed by atoms with van der Waals surface area (Å²) in [6.45, 7) is 8.49. The Kier molecular flexibility index (Phi) is 19.4. The molecule has 0 saturated heterocycles. The quantitative estimate of drug-likeness (QED) is 0.0701. The van der Waals surface area contributed by atoms with Gasteiger partial charge in [0.1, 0.15) is 17.8 Å². The van der Waals surface area contributed by atoms with Crippen LogP contribution in [0.15, 0.2) is 54.6 Å². The van der Waals surface area contributed by atoms with Gasteiger partial charge in [-0.2, -0.15) is 0 Å². The molecule has 0 radical (unpaired) electrons. The molecule has 2 aromatic rings. The number of nitrogens with one attached hydrogen (secondary N) is 6. The molecule has 4 atom stereocenters. The lowest BCUT2D eigenvalue weighted by atomic mass is 9.98. The van der Waals surface area contributed by atoms with Crippen LogP contribution in [0.2, 0.25) is 0 Å². The molecule has 0 aliphatic rings. The van der Waals surface area contributed by atoms with E-state index in [4.69, 9.17) is 14.2 Å². The predicted molar refractivity (Wildman–Crippen MR) is 194 cm³/mol. The number of carbonyl (C=O) groups is 4. The Bertz CT molecular complexity index is 1330. The minimum atomic E-state index is -1.20. The zero-order valence-electron chi connectivity index (χ0n) is 30.9. The van der Waals surface area contributed by atoms with Gasteiger partial charge in [0.15, 0.2) is 0 Å². The van der Waals surface area contributed by atoms with E-state index < -0.39 is 48.1 Å². The summed E-state index contributed by atoms with van der Waals surface area (Å²) in [4.78, 5) is 52.5. The average molecular weight is 716 g/mol. The lowest BCUT2D eigenvalue weighted by Gasteiger charge is -2.33. The van der Waals surface area contributed by atoms with E-state index >= 15 is 0 Å². The second-order valence-corrected chi connectivity index (χ2v) is 12.8. The molecular formula is C36H57N7O8. The highest BCUT2D eigenvalue weighted by Crippen LogP contribution is 2.15. The third-order valence-electron chi connectivity index (χ3n) is 7.95. The van der Waals surface area contributed by atoms with Gasteiger partial charge in [-0.3, -0.25) is 15.0 Å². The molecule has 0 aliphatic carbocycles. The van der Waals surface area contributed by atoms with Crippen LogP contribution in [0, 0.1) is 11.8 Å². The number of rotatable bonds is 22. The fourth-order valence-electron chi connectivity index (χ4n) is 5.09. The first kappa shape index (κ1) is 42.7. The fourth-order valence-corrected chi connectivity index (χ4v) is 5.09. The van der Waals surface area contributed by atoms with Crippen molar-refractivity contribution in [3.8, 4) is 5.75 Å². The van der Waals surface area contributed by atoms with Gasteiger partial charge in [-0.1, -0.05) is 70.2 Å². The minimum Gasteiger partial charge on any atom is -0.497 e. The molecule has 0 unspecified atom stereocenters. The van der Waals surface area contributed by atoms with Gasteiger partial charge in [-0.05, 0) is 41.5 Å². The molecule has 0 aliphatic heterocycles. The lowest BCUT2D eigenvalue weighted by Crippen LogP contribution is -2.60. The normalized spacial score (nSPS) is 13.5. The molecule has 0 spiro atoms. The first-order valence-electron chi connectivity index (χ1n) is 17.2. The Hall–Kier alpha value is -4.44. The molecule has 2 aromatic carbocycles. The predicted octanol–water partition coefficient (Wildman–Crippen LogP) is 1.56. The van der Waals surface area contributed by atoms with Gasteiger partial charge in [0.05, 0.1) is 32.5 Å². The molecule has 6 amide bonds. The molecule has 51 heavy (non-hydrogen) atoms. The van der Waals surface area contributed by atoms with Crippen LogP contribution in [-0.2, 0) is 32.0 Å². The number of ether oxygens (including phenoxy) is 3. The maximum absolute atomic E-state index is 13.7. The standard InChI is InChI=1S/C36H57N7O8/c1-24(2)31(40-35(47)37-17-19-49-5)33(45)39-29(21-26-11-9-8-10-12-26)30(44)23-43(22-27-13-15-28(51-7)16-14-27)42-34(46)32(25(3)4)41-36(48)38-18-20-50-6/h8-16,24-25,29-32,44H,17-23H2,1-7H3,(H,39,45)(H,42,46)(H2,37,40,47)(H2,38,41,48)/t29-,30-,31-,32-/m0/s1. The van der Waals surface area contributed by atoms with Gasteiger partial charge in [-0.15, -0.1) is 0 Å². The van der Waals surface area contributed by atoms with Crippen LogP contribution in [0.25, 0.3) is 0 Å². The molecule has 2 rings (SSSR count). The number of hydrogen-bond acceptors (Lipinski definition) is 9. The van der Waals surface area contributed by atoms with Crippen LogP contribution in [0.1, 0.15) is 38.8 Å². The zero-order chi connectivity index (χ0) is 37.8. The number of nitrogens with zero attached hydrogens (tertiary/aromatic N) is 1. The molecule has 15 nitrogen and oxygen atoms in total. The molecule has 0 fully saturated rings. The van der Waals surface area contributed by atoms with E-state index in [1.165, 1.54) is 14.2 Å². The third kappa shape index (κ3) is 16.0. The summed E-state index contributed by atoms with van der Waals surface area (Å²) in [7, 11) is 4.61. The van der Waals surface area contributed by atoms with Crippen molar-refractivity contribution in [2.75, 3.05) is 54.2 Å². The number of amides is 6. The molecule has 0 heterocycles. The molecule has 0 aromatic heterocycles. The summed E-state index contributed by atoms with van der Waals surface area (Å²) in [5.41, 5.74) is 4.56. The number of hydrogen-bond donors (Lipinski definition) is 7. The maximum Gasteiger partial charge on any atom is 0.315 e. The van der Waals surface area contributed by atoms with Gasteiger partial charge in [-0.25, -0.2) is 14.6 Å². The molecular weight excluding hydrogens is 658 g/mol. The number of carbonyl (C=O) groups excluding carboxylic acids is 4. The zero-order valence-corrected chi connectivity index (χ0v) is 30.9. The molecule has 7 N–H and O–H groups in total. The summed E-state index contributed by atoms with van der Waals surface area (Å²) in [6.07, 6.45) is -0.931. The summed E-state index contributed by atoms with van der Waals surface area (Å²) in [5, 5.41) is 27.1. The van der Waals surface area contributed by atoms with Crippen molar-refractivity contribution in [2.24, 2.45) is 11.8 Å². The van der Waals surface area contributed by atoms with E-state index in [0.717, 1.165) is 11.1 Å². The summed E-state index contributed by atoms with van der Waals surface area (Å²) < 4.78 is 15.3. The number of benzene rings is 2. The van der Waals surface area contributed by atoms with Crippen molar-refractivity contribution in [3.63, 3.8) is 0 Å². The smallest absolute Gasteiger partial charge is 0.315 e. The van der Waals surface area contributed by atoms with E-state index in [2.05, 4.69) is 32.0 Å².